The van der Waals surface area contributed by atoms with Crippen molar-refractivity contribution in [1.82, 2.24) is 4.90 Å². The SMILES string of the molecule is CN(C)CCCCCC1=CSCC=C1. The van der Waals surface area contributed by atoms with Crippen LogP contribution in [0.5, 0.6) is 0 Å². The Labute approximate surface area is 92.3 Å². The molecule has 1 aliphatic rings. The lowest BCUT2D eigenvalue weighted by molar-refractivity contribution is 0.392. The van der Waals surface area contributed by atoms with Gasteiger partial charge in [0.25, 0.3) is 0 Å². The molecule has 0 fully saturated rings. The molecule has 0 saturated heterocycles. The summed E-state index contributed by atoms with van der Waals surface area (Å²) in [7, 11) is 4.28. The van der Waals surface area contributed by atoms with Gasteiger partial charge in [-0.05, 0) is 50.9 Å². The molecule has 0 radical (unpaired) electrons. The third-order valence-electron chi connectivity index (χ3n) is 2.33. The molecule has 0 atom stereocenters. The lowest BCUT2D eigenvalue weighted by Gasteiger charge is -2.09. The van der Waals surface area contributed by atoms with Crippen molar-refractivity contribution in [2.75, 3.05) is 26.4 Å². The third-order valence-corrected chi connectivity index (χ3v) is 3.18. The van der Waals surface area contributed by atoms with E-state index < -0.39 is 0 Å². The monoisotopic (exact) mass is 211 g/mol. The van der Waals surface area contributed by atoms with E-state index in [-0.39, 0.29) is 0 Å². The summed E-state index contributed by atoms with van der Waals surface area (Å²) in [5.41, 5.74) is 1.52. The third kappa shape index (κ3) is 5.51. The van der Waals surface area contributed by atoms with Crippen LogP contribution in [-0.4, -0.2) is 31.3 Å². The van der Waals surface area contributed by atoms with Crippen LogP contribution in [0.25, 0.3) is 0 Å². The Balaban J connectivity index is 1.98. The van der Waals surface area contributed by atoms with Gasteiger partial charge in [0, 0.05) is 5.75 Å². The molecule has 0 N–H and O–H groups in total. The van der Waals surface area contributed by atoms with E-state index in [0.717, 1.165) is 5.75 Å². The van der Waals surface area contributed by atoms with E-state index in [1.54, 1.807) is 0 Å². The number of nitrogens with zero attached hydrogens (tertiary/aromatic N) is 1. The fourth-order valence-corrected chi connectivity index (χ4v) is 2.24. The molecular weight excluding hydrogens is 190 g/mol. The zero-order valence-corrected chi connectivity index (χ0v) is 10.1. The van der Waals surface area contributed by atoms with Crippen molar-refractivity contribution in [3.05, 3.63) is 23.1 Å². The lowest BCUT2D eigenvalue weighted by Crippen LogP contribution is -2.12. The van der Waals surface area contributed by atoms with Gasteiger partial charge in [-0.15, -0.1) is 11.8 Å². The standard InChI is InChI=1S/C12H21NS/c1-13(2)9-5-3-4-7-12-8-6-10-14-11-12/h6,8,11H,3-5,7,9-10H2,1-2H3. The lowest BCUT2D eigenvalue weighted by atomic mass is 10.1. The quantitative estimate of drug-likeness (QED) is 0.620. The number of unbranched alkanes of at least 4 members (excludes halogenated alkanes) is 2. The molecule has 2 heteroatoms. The van der Waals surface area contributed by atoms with E-state index in [4.69, 9.17) is 0 Å². The van der Waals surface area contributed by atoms with Gasteiger partial charge in [-0.1, -0.05) is 18.6 Å². The molecule has 80 valence electrons. The van der Waals surface area contributed by atoms with Crippen LogP contribution in [0, 0.1) is 0 Å². The minimum Gasteiger partial charge on any atom is -0.309 e. The normalized spacial score (nSPS) is 16.1. The van der Waals surface area contributed by atoms with Crippen LogP contribution in [0.4, 0.5) is 0 Å². The minimum atomic E-state index is 1.16. The Hall–Kier alpha value is -0.210. The van der Waals surface area contributed by atoms with Crippen molar-refractivity contribution in [3.63, 3.8) is 0 Å². The zero-order chi connectivity index (χ0) is 10.2. The van der Waals surface area contributed by atoms with Crippen LogP contribution in [0.15, 0.2) is 23.1 Å². The van der Waals surface area contributed by atoms with Crippen LogP contribution in [-0.2, 0) is 0 Å². The van der Waals surface area contributed by atoms with Gasteiger partial charge in [0.05, 0.1) is 0 Å². The second kappa shape index (κ2) is 7.13. The molecule has 0 amide bonds. The Kier molecular flexibility index (Phi) is 6.04. The molecule has 1 aliphatic heterocycles. The van der Waals surface area contributed by atoms with Crippen LogP contribution in [0.1, 0.15) is 25.7 Å². The summed E-state index contributed by atoms with van der Waals surface area (Å²) < 4.78 is 0. The molecule has 0 aliphatic carbocycles. The number of rotatable bonds is 6. The van der Waals surface area contributed by atoms with Gasteiger partial charge in [-0.3, -0.25) is 0 Å². The highest BCUT2D eigenvalue weighted by molar-refractivity contribution is 8.02. The predicted molar refractivity (Wildman–Crippen MR) is 66.7 cm³/mol. The fraction of sp³-hybridized carbons (Fsp3) is 0.667. The second-order valence-corrected chi connectivity index (χ2v) is 4.94. The zero-order valence-electron chi connectivity index (χ0n) is 9.33. The fourth-order valence-electron chi connectivity index (χ4n) is 1.53. The summed E-state index contributed by atoms with van der Waals surface area (Å²) in [5.74, 6) is 1.16. The summed E-state index contributed by atoms with van der Waals surface area (Å²) >= 11 is 1.91. The maximum absolute atomic E-state index is 2.31. The van der Waals surface area contributed by atoms with E-state index >= 15 is 0 Å². The number of allylic oxidation sites excluding steroid dienone is 2. The molecular formula is C12H21NS. The Morgan fingerprint density at radius 3 is 2.79 bits per heavy atom. The summed E-state index contributed by atoms with van der Waals surface area (Å²) in [6.45, 7) is 1.23. The number of thioether (sulfide) groups is 1. The van der Waals surface area contributed by atoms with Gasteiger partial charge < -0.3 is 4.90 Å². The molecule has 0 aromatic carbocycles. The first-order valence-corrected chi connectivity index (χ1v) is 6.46. The first kappa shape index (κ1) is 11.9. The average Bonchev–Trinajstić information content (AvgIpc) is 2.18. The molecule has 1 rings (SSSR count). The van der Waals surface area contributed by atoms with Crippen LogP contribution < -0.4 is 0 Å². The number of hydrogen-bond donors (Lipinski definition) is 0. The van der Waals surface area contributed by atoms with Gasteiger partial charge in [0.2, 0.25) is 0 Å². The van der Waals surface area contributed by atoms with E-state index in [0.29, 0.717) is 0 Å². The van der Waals surface area contributed by atoms with E-state index in [9.17, 15) is 0 Å². The van der Waals surface area contributed by atoms with Gasteiger partial charge in [-0.25, -0.2) is 0 Å². The van der Waals surface area contributed by atoms with Crippen molar-refractivity contribution in [3.8, 4) is 0 Å². The van der Waals surface area contributed by atoms with Gasteiger partial charge >= 0.3 is 0 Å². The van der Waals surface area contributed by atoms with Gasteiger partial charge in [0.15, 0.2) is 0 Å². The molecule has 14 heavy (non-hydrogen) atoms. The minimum absolute atomic E-state index is 1.16. The van der Waals surface area contributed by atoms with Crippen LogP contribution in [0.3, 0.4) is 0 Å². The molecule has 1 heterocycles. The largest absolute Gasteiger partial charge is 0.309 e. The molecule has 0 unspecified atom stereocenters. The van der Waals surface area contributed by atoms with Gasteiger partial charge in [-0.2, -0.15) is 0 Å². The Morgan fingerprint density at radius 1 is 1.29 bits per heavy atom. The summed E-state index contributed by atoms with van der Waals surface area (Å²) in [6, 6.07) is 0. The number of hydrogen-bond acceptors (Lipinski definition) is 2. The molecule has 0 bridgehead atoms. The average molecular weight is 211 g/mol. The Morgan fingerprint density at radius 2 is 2.14 bits per heavy atom. The first-order chi connectivity index (χ1) is 6.79. The van der Waals surface area contributed by atoms with Crippen LogP contribution >= 0.6 is 11.8 Å². The maximum Gasteiger partial charge on any atom is 0.0158 e. The highest BCUT2D eigenvalue weighted by atomic mass is 32.2. The highest BCUT2D eigenvalue weighted by Crippen LogP contribution is 2.19. The molecule has 0 saturated carbocycles. The smallest absolute Gasteiger partial charge is 0.0158 e. The Bertz CT molecular complexity index is 206. The first-order valence-electron chi connectivity index (χ1n) is 5.41. The maximum atomic E-state index is 2.31. The van der Waals surface area contributed by atoms with Crippen molar-refractivity contribution in [1.29, 1.82) is 0 Å². The topological polar surface area (TPSA) is 3.24 Å². The van der Waals surface area contributed by atoms with Crippen molar-refractivity contribution in [2.45, 2.75) is 25.7 Å². The molecule has 0 aromatic heterocycles. The summed E-state index contributed by atoms with van der Waals surface area (Å²) in [5, 5.41) is 2.31. The van der Waals surface area contributed by atoms with Crippen molar-refractivity contribution < 1.29 is 0 Å². The molecule has 0 spiro atoms. The van der Waals surface area contributed by atoms with Crippen molar-refractivity contribution in [2.24, 2.45) is 0 Å². The van der Waals surface area contributed by atoms with Crippen LogP contribution in [0.2, 0.25) is 0 Å². The predicted octanol–water partition coefficient (Wildman–Crippen LogP) is 3.30. The molecule has 1 nitrogen and oxygen atoms in total. The summed E-state index contributed by atoms with van der Waals surface area (Å²) in [6.07, 6.45) is 9.83. The van der Waals surface area contributed by atoms with E-state index in [1.807, 2.05) is 11.8 Å². The van der Waals surface area contributed by atoms with E-state index in [2.05, 4.69) is 36.6 Å². The highest BCUT2D eigenvalue weighted by Gasteiger charge is 1.98. The molecule has 0 aromatic rings. The van der Waals surface area contributed by atoms with Gasteiger partial charge in [0.1, 0.15) is 0 Å². The van der Waals surface area contributed by atoms with E-state index in [1.165, 1.54) is 37.8 Å². The van der Waals surface area contributed by atoms with Crippen molar-refractivity contribution >= 4 is 11.8 Å². The second-order valence-electron chi connectivity index (χ2n) is 4.04. The summed E-state index contributed by atoms with van der Waals surface area (Å²) in [4.78, 5) is 2.26.